The maximum absolute atomic E-state index is 12.9. The number of nitrogens with one attached hydrogen (secondary N) is 2. The van der Waals surface area contributed by atoms with Gasteiger partial charge < -0.3 is 14.8 Å². The Kier molecular flexibility index (Phi) is 7.67. The van der Waals surface area contributed by atoms with E-state index in [1.165, 1.54) is 30.3 Å². The predicted molar refractivity (Wildman–Crippen MR) is 120 cm³/mol. The van der Waals surface area contributed by atoms with E-state index in [0.717, 1.165) is 17.7 Å². The van der Waals surface area contributed by atoms with Crippen molar-refractivity contribution in [2.45, 2.75) is 24.6 Å². The van der Waals surface area contributed by atoms with E-state index >= 15 is 0 Å². The lowest BCUT2D eigenvalue weighted by atomic mass is 10.1. The fourth-order valence-electron chi connectivity index (χ4n) is 3.03. The van der Waals surface area contributed by atoms with Gasteiger partial charge in [0, 0.05) is 17.8 Å². The number of sulfonamides is 1. The summed E-state index contributed by atoms with van der Waals surface area (Å²) in [6, 6.07) is 17.5. The van der Waals surface area contributed by atoms with Crippen LogP contribution in [-0.4, -0.2) is 27.3 Å². The average Bonchev–Trinajstić information content (AvgIpc) is 2.73. The molecular formula is C23H21F3N2O5S. The first kappa shape index (κ1) is 24.9. The van der Waals surface area contributed by atoms with Crippen molar-refractivity contribution in [3.8, 4) is 11.5 Å². The van der Waals surface area contributed by atoms with Gasteiger partial charge in [0.15, 0.2) is 0 Å². The molecule has 0 unspecified atom stereocenters. The van der Waals surface area contributed by atoms with Gasteiger partial charge in [-0.15, -0.1) is 13.2 Å². The van der Waals surface area contributed by atoms with Crippen LogP contribution in [0.2, 0.25) is 0 Å². The van der Waals surface area contributed by atoms with E-state index in [2.05, 4.69) is 14.8 Å². The molecule has 34 heavy (non-hydrogen) atoms. The first-order valence-corrected chi connectivity index (χ1v) is 11.5. The molecule has 0 aliphatic heterocycles. The molecule has 0 spiro atoms. The lowest BCUT2D eigenvalue weighted by Crippen LogP contribution is -2.18. The number of carbonyl (C=O) groups excluding carboxylic acids is 1. The molecule has 7 nitrogen and oxygen atoms in total. The molecule has 0 saturated heterocycles. The second-order valence-electron chi connectivity index (χ2n) is 6.99. The van der Waals surface area contributed by atoms with Crippen LogP contribution in [-0.2, 0) is 21.2 Å². The smallest absolute Gasteiger partial charge is 0.492 e. The van der Waals surface area contributed by atoms with Gasteiger partial charge in [-0.05, 0) is 36.8 Å². The van der Waals surface area contributed by atoms with Crippen LogP contribution < -0.4 is 19.5 Å². The Hall–Kier alpha value is -3.73. The summed E-state index contributed by atoms with van der Waals surface area (Å²) in [6.45, 7) is 1.79. The molecule has 0 aliphatic carbocycles. The highest BCUT2D eigenvalue weighted by molar-refractivity contribution is 7.92. The van der Waals surface area contributed by atoms with E-state index in [-0.39, 0.29) is 35.3 Å². The predicted octanol–water partition coefficient (Wildman–Crippen LogP) is 4.97. The first-order chi connectivity index (χ1) is 16.1. The zero-order valence-corrected chi connectivity index (χ0v) is 18.7. The summed E-state index contributed by atoms with van der Waals surface area (Å²) in [7, 11) is -4.24. The molecule has 3 rings (SSSR count). The van der Waals surface area contributed by atoms with Gasteiger partial charge in [-0.3, -0.25) is 9.52 Å². The van der Waals surface area contributed by atoms with Crippen LogP contribution in [0.3, 0.4) is 0 Å². The van der Waals surface area contributed by atoms with Gasteiger partial charge >= 0.3 is 6.36 Å². The van der Waals surface area contributed by atoms with Gasteiger partial charge in [0.05, 0.1) is 18.7 Å². The summed E-state index contributed by atoms with van der Waals surface area (Å²) in [6.07, 6.45) is -4.79. The molecule has 0 aliphatic rings. The SMILES string of the molecule is CCOc1cc(NC(=O)Cc2ccccc2)ccc1S(=O)(=O)Nc1cccc(OC(F)(F)F)c1. The lowest BCUT2D eigenvalue weighted by molar-refractivity contribution is -0.274. The lowest BCUT2D eigenvalue weighted by Gasteiger charge is -2.15. The fraction of sp³-hybridized carbons (Fsp3) is 0.174. The third-order valence-corrected chi connectivity index (χ3v) is 5.76. The highest BCUT2D eigenvalue weighted by atomic mass is 32.2. The zero-order chi connectivity index (χ0) is 24.8. The quantitative estimate of drug-likeness (QED) is 0.438. The second kappa shape index (κ2) is 10.5. The maximum atomic E-state index is 12.9. The van der Waals surface area contributed by atoms with Crippen molar-refractivity contribution in [2.24, 2.45) is 0 Å². The number of ether oxygens (including phenoxy) is 2. The summed E-state index contributed by atoms with van der Waals surface area (Å²) in [5.41, 5.74) is 0.999. The van der Waals surface area contributed by atoms with Crippen molar-refractivity contribution in [3.63, 3.8) is 0 Å². The molecule has 0 fully saturated rings. The van der Waals surface area contributed by atoms with E-state index in [1.807, 2.05) is 18.2 Å². The number of amides is 1. The van der Waals surface area contributed by atoms with Gasteiger partial charge in [-0.2, -0.15) is 0 Å². The van der Waals surface area contributed by atoms with Gasteiger partial charge in [0.25, 0.3) is 10.0 Å². The maximum Gasteiger partial charge on any atom is 0.573 e. The zero-order valence-electron chi connectivity index (χ0n) is 17.9. The molecular weight excluding hydrogens is 473 g/mol. The number of hydrogen-bond donors (Lipinski definition) is 2. The minimum absolute atomic E-state index is 0.0322. The Labute approximate surface area is 194 Å². The third kappa shape index (κ3) is 7.14. The molecule has 0 atom stereocenters. The van der Waals surface area contributed by atoms with Crippen LogP contribution in [0.25, 0.3) is 0 Å². The van der Waals surface area contributed by atoms with Crippen LogP contribution in [0, 0.1) is 0 Å². The van der Waals surface area contributed by atoms with Crippen LogP contribution in [0.1, 0.15) is 12.5 Å². The summed E-state index contributed by atoms with van der Waals surface area (Å²) < 4.78 is 74.7. The monoisotopic (exact) mass is 494 g/mol. The Balaban J connectivity index is 1.80. The van der Waals surface area contributed by atoms with Crippen molar-refractivity contribution in [2.75, 3.05) is 16.6 Å². The van der Waals surface area contributed by atoms with Gasteiger partial charge in [-0.25, -0.2) is 8.42 Å². The van der Waals surface area contributed by atoms with E-state index in [1.54, 1.807) is 19.1 Å². The van der Waals surface area contributed by atoms with Crippen molar-refractivity contribution < 1.29 is 35.9 Å². The fourth-order valence-corrected chi connectivity index (χ4v) is 4.21. The summed E-state index contributed by atoms with van der Waals surface area (Å²) >= 11 is 0. The molecule has 180 valence electrons. The minimum atomic E-state index is -4.92. The second-order valence-corrected chi connectivity index (χ2v) is 8.64. The normalized spacial score (nSPS) is 11.5. The Morgan fingerprint density at radius 1 is 0.941 bits per heavy atom. The van der Waals surface area contributed by atoms with Crippen molar-refractivity contribution in [1.82, 2.24) is 0 Å². The van der Waals surface area contributed by atoms with Crippen molar-refractivity contribution in [1.29, 1.82) is 0 Å². The van der Waals surface area contributed by atoms with Gasteiger partial charge in [-0.1, -0.05) is 36.4 Å². The molecule has 0 saturated carbocycles. The van der Waals surface area contributed by atoms with E-state index in [4.69, 9.17) is 4.74 Å². The van der Waals surface area contributed by atoms with Crippen molar-refractivity contribution in [3.05, 3.63) is 78.4 Å². The largest absolute Gasteiger partial charge is 0.573 e. The number of carbonyl (C=O) groups is 1. The summed E-state index contributed by atoms with van der Waals surface area (Å²) in [4.78, 5) is 12.1. The molecule has 0 bridgehead atoms. The number of alkyl halides is 3. The highest BCUT2D eigenvalue weighted by Crippen LogP contribution is 2.31. The van der Waals surface area contributed by atoms with Crippen LogP contribution in [0.15, 0.2) is 77.7 Å². The van der Waals surface area contributed by atoms with Crippen LogP contribution in [0.4, 0.5) is 24.5 Å². The molecule has 3 aromatic carbocycles. The minimum Gasteiger partial charge on any atom is -0.492 e. The average molecular weight is 494 g/mol. The third-order valence-electron chi connectivity index (χ3n) is 4.34. The first-order valence-electron chi connectivity index (χ1n) is 10.0. The van der Waals surface area contributed by atoms with Gasteiger partial charge in [0.2, 0.25) is 5.91 Å². The molecule has 0 radical (unpaired) electrons. The molecule has 0 heterocycles. The number of hydrogen-bond acceptors (Lipinski definition) is 5. The van der Waals surface area contributed by atoms with Crippen LogP contribution >= 0.6 is 0 Å². The van der Waals surface area contributed by atoms with E-state index in [0.29, 0.717) is 5.69 Å². The molecule has 3 aromatic rings. The Morgan fingerprint density at radius 2 is 1.68 bits per heavy atom. The Morgan fingerprint density at radius 3 is 2.35 bits per heavy atom. The van der Waals surface area contributed by atoms with Crippen LogP contribution in [0.5, 0.6) is 11.5 Å². The number of anilines is 2. The van der Waals surface area contributed by atoms with Crippen molar-refractivity contribution >= 4 is 27.3 Å². The number of halogens is 3. The van der Waals surface area contributed by atoms with E-state index < -0.39 is 22.1 Å². The van der Waals surface area contributed by atoms with E-state index in [9.17, 15) is 26.4 Å². The Bertz CT molecular complexity index is 1250. The molecule has 1 amide bonds. The summed E-state index contributed by atoms with van der Waals surface area (Å²) in [5.74, 6) is -0.909. The number of benzene rings is 3. The highest BCUT2D eigenvalue weighted by Gasteiger charge is 2.31. The van der Waals surface area contributed by atoms with Gasteiger partial charge in [0.1, 0.15) is 16.4 Å². The summed E-state index contributed by atoms with van der Waals surface area (Å²) in [5, 5.41) is 2.69. The molecule has 0 aromatic heterocycles. The molecule has 11 heteroatoms. The number of rotatable bonds is 9. The standard InChI is InChI=1S/C23H21F3N2O5S/c1-2-32-20-15-17(27-22(29)13-16-7-4-3-5-8-16)11-12-21(20)34(30,31)28-18-9-6-10-19(14-18)33-23(24,25)26/h3-12,14-15,28H,2,13H2,1H3,(H,27,29). The topological polar surface area (TPSA) is 93.7 Å². The molecule has 2 N–H and O–H groups in total.